The van der Waals surface area contributed by atoms with Crippen LogP contribution in [0.2, 0.25) is 0 Å². The highest BCUT2D eigenvalue weighted by Gasteiger charge is 2.13. The SMILES string of the molecule is Cc1occc1C(=O)NNC(=S)NC(=O)c1ccccc1Br. The molecule has 1 aromatic carbocycles. The highest BCUT2D eigenvalue weighted by Crippen LogP contribution is 2.15. The second kappa shape index (κ2) is 7.19. The van der Waals surface area contributed by atoms with Gasteiger partial charge in [0.25, 0.3) is 11.8 Å². The smallest absolute Gasteiger partial charge is 0.273 e. The van der Waals surface area contributed by atoms with Gasteiger partial charge in [-0.05, 0) is 53.3 Å². The van der Waals surface area contributed by atoms with Crippen molar-refractivity contribution in [2.75, 3.05) is 0 Å². The lowest BCUT2D eigenvalue weighted by molar-refractivity contribution is 0.0933. The van der Waals surface area contributed by atoms with Crippen molar-refractivity contribution in [3.63, 3.8) is 0 Å². The third kappa shape index (κ3) is 3.92. The van der Waals surface area contributed by atoms with Crippen LogP contribution in [0.25, 0.3) is 0 Å². The number of furan rings is 1. The number of halogens is 1. The lowest BCUT2D eigenvalue weighted by Crippen LogP contribution is -2.48. The van der Waals surface area contributed by atoms with Gasteiger partial charge in [-0.3, -0.25) is 25.8 Å². The molecule has 0 radical (unpaired) electrons. The molecule has 0 aliphatic rings. The Hall–Kier alpha value is -2.19. The molecule has 3 N–H and O–H groups in total. The number of benzene rings is 1. The largest absolute Gasteiger partial charge is 0.469 e. The highest BCUT2D eigenvalue weighted by molar-refractivity contribution is 9.10. The van der Waals surface area contributed by atoms with Gasteiger partial charge in [0.1, 0.15) is 5.76 Å². The molecule has 0 aliphatic heterocycles. The molecule has 1 aromatic heterocycles. The summed E-state index contributed by atoms with van der Waals surface area (Å²) < 4.78 is 5.68. The molecule has 114 valence electrons. The zero-order valence-corrected chi connectivity index (χ0v) is 13.9. The molecule has 8 heteroatoms. The second-order valence-corrected chi connectivity index (χ2v) is 5.50. The molecule has 0 fully saturated rings. The van der Waals surface area contributed by atoms with Gasteiger partial charge in [-0.1, -0.05) is 12.1 Å². The fourth-order valence-corrected chi connectivity index (χ4v) is 2.26. The summed E-state index contributed by atoms with van der Waals surface area (Å²) in [6, 6.07) is 8.46. The van der Waals surface area contributed by atoms with Crippen molar-refractivity contribution in [1.82, 2.24) is 16.2 Å². The molecule has 2 rings (SSSR count). The van der Waals surface area contributed by atoms with Crippen LogP contribution in [-0.4, -0.2) is 16.9 Å². The molecule has 0 atom stereocenters. The molecule has 0 bridgehead atoms. The van der Waals surface area contributed by atoms with Crippen LogP contribution in [0.15, 0.2) is 45.5 Å². The summed E-state index contributed by atoms with van der Waals surface area (Å²) in [5.74, 6) is -0.315. The molecule has 0 saturated carbocycles. The number of hydrogen-bond donors (Lipinski definition) is 3. The predicted molar refractivity (Wildman–Crippen MR) is 88.3 cm³/mol. The molecular formula is C14H12BrN3O3S. The van der Waals surface area contributed by atoms with Gasteiger partial charge >= 0.3 is 0 Å². The van der Waals surface area contributed by atoms with Crippen LogP contribution in [0.3, 0.4) is 0 Å². The Morgan fingerprint density at radius 1 is 1.09 bits per heavy atom. The zero-order chi connectivity index (χ0) is 16.1. The molecular weight excluding hydrogens is 370 g/mol. The van der Waals surface area contributed by atoms with E-state index in [-0.39, 0.29) is 5.11 Å². The Morgan fingerprint density at radius 3 is 2.45 bits per heavy atom. The summed E-state index contributed by atoms with van der Waals surface area (Å²) in [5.41, 5.74) is 5.66. The number of aryl methyl sites for hydroxylation is 1. The van der Waals surface area contributed by atoms with E-state index in [9.17, 15) is 9.59 Å². The van der Waals surface area contributed by atoms with Gasteiger partial charge in [0, 0.05) is 4.47 Å². The van der Waals surface area contributed by atoms with Gasteiger partial charge in [0.2, 0.25) is 0 Å². The van der Waals surface area contributed by atoms with Gasteiger partial charge in [-0.2, -0.15) is 0 Å². The van der Waals surface area contributed by atoms with E-state index < -0.39 is 11.8 Å². The number of amides is 2. The van der Waals surface area contributed by atoms with E-state index in [1.807, 2.05) is 0 Å². The normalized spacial score (nSPS) is 9.91. The van der Waals surface area contributed by atoms with Crippen molar-refractivity contribution in [1.29, 1.82) is 0 Å². The average Bonchev–Trinajstić information content (AvgIpc) is 2.91. The number of thiocarbonyl (C=S) groups is 1. The van der Waals surface area contributed by atoms with Crippen LogP contribution < -0.4 is 16.2 Å². The molecule has 0 saturated heterocycles. The van der Waals surface area contributed by atoms with Gasteiger partial charge in [0.05, 0.1) is 17.4 Å². The van der Waals surface area contributed by atoms with E-state index in [4.69, 9.17) is 16.6 Å². The van der Waals surface area contributed by atoms with Crippen LogP contribution >= 0.6 is 28.1 Å². The van der Waals surface area contributed by atoms with Crippen LogP contribution in [-0.2, 0) is 0 Å². The lowest BCUT2D eigenvalue weighted by atomic mass is 10.2. The first-order chi connectivity index (χ1) is 10.5. The quantitative estimate of drug-likeness (QED) is 0.549. The van der Waals surface area contributed by atoms with E-state index in [0.29, 0.717) is 21.4 Å². The fourth-order valence-electron chi connectivity index (χ4n) is 1.65. The van der Waals surface area contributed by atoms with Crippen molar-refractivity contribution in [3.05, 3.63) is 58.0 Å². The average molecular weight is 382 g/mol. The molecule has 0 aliphatic carbocycles. The summed E-state index contributed by atoms with van der Waals surface area (Å²) in [7, 11) is 0. The molecule has 6 nitrogen and oxygen atoms in total. The summed E-state index contributed by atoms with van der Waals surface area (Å²) in [6.07, 6.45) is 1.41. The maximum absolute atomic E-state index is 12.0. The zero-order valence-electron chi connectivity index (χ0n) is 11.5. The maximum atomic E-state index is 12.0. The number of hydrazine groups is 1. The molecule has 1 heterocycles. The first-order valence-electron chi connectivity index (χ1n) is 6.19. The third-order valence-corrected chi connectivity index (χ3v) is 3.63. The molecule has 2 aromatic rings. The van der Waals surface area contributed by atoms with Crippen molar-refractivity contribution < 1.29 is 14.0 Å². The summed E-state index contributed by atoms with van der Waals surface area (Å²) >= 11 is 8.24. The topological polar surface area (TPSA) is 83.4 Å². The van der Waals surface area contributed by atoms with Crippen molar-refractivity contribution in [3.8, 4) is 0 Å². The number of rotatable bonds is 2. The second-order valence-electron chi connectivity index (χ2n) is 4.23. The van der Waals surface area contributed by atoms with Gasteiger partial charge in [-0.25, -0.2) is 0 Å². The fraction of sp³-hybridized carbons (Fsp3) is 0.0714. The minimum Gasteiger partial charge on any atom is -0.469 e. The molecule has 2 amide bonds. The summed E-state index contributed by atoms with van der Waals surface area (Å²) in [6.45, 7) is 1.67. The first-order valence-corrected chi connectivity index (χ1v) is 7.39. The number of carbonyl (C=O) groups excluding carboxylic acids is 2. The highest BCUT2D eigenvalue weighted by atomic mass is 79.9. The Morgan fingerprint density at radius 2 is 1.82 bits per heavy atom. The van der Waals surface area contributed by atoms with Crippen molar-refractivity contribution >= 4 is 45.1 Å². The van der Waals surface area contributed by atoms with E-state index >= 15 is 0 Å². The van der Waals surface area contributed by atoms with Gasteiger partial charge in [0.15, 0.2) is 5.11 Å². The maximum Gasteiger partial charge on any atom is 0.273 e. The van der Waals surface area contributed by atoms with Gasteiger partial charge in [-0.15, -0.1) is 0 Å². The molecule has 0 spiro atoms. The predicted octanol–water partition coefficient (Wildman–Crippen LogP) is 2.30. The first kappa shape index (κ1) is 16.2. The van der Waals surface area contributed by atoms with Crippen LogP contribution in [0.4, 0.5) is 0 Å². The van der Waals surface area contributed by atoms with Crippen LogP contribution in [0, 0.1) is 6.92 Å². The standard InChI is InChI=1S/C14H12BrN3O3S/c1-8-9(6-7-21-8)13(20)17-18-14(22)16-12(19)10-4-2-3-5-11(10)15/h2-7H,1H3,(H,17,20)(H2,16,18,19,22). The third-order valence-electron chi connectivity index (χ3n) is 2.74. The lowest BCUT2D eigenvalue weighted by Gasteiger charge is -2.11. The Balaban J connectivity index is 1.89. The van der Waals surface area contributed by atoms with Crippen LogP contribution in [0.1, 0.15) is 26.5 Å². The van der Waals surface area contributed by atoms with Crippen molar-refractivity contribution in [2.45, 2.75) is 6.92 Å². The molecule has 22 heavy (non-hydrogen) atoms. The van der Waals surface area contributed by atoms with Crippen LogP contribution in [0.5, 0.6) is 0 Å². The van der Waals surface area contributed by atoms with E-state index in [2.05, 4.69) is 32.1 Å². The molecule has 0 unspecified atom stereocenters. The summed E-state index contributed by atoms with van der Waals surface area (Å²) in [5, 5.41) is 2.45. The number of carbonyl (C=O) groups is 2. The Bertz CT molecular complexity index is 730. The Kier molecular flexibility index (Phi) is 5.29. The van der Waals surface area contributed by atoms with E-state index in [1.54, 1.807) is 31.2 Å². The van der Waals surface area contributed by atoms with E-state index in [1.165, 1.54) is 12.3 Å². The van der Waals surface area contributed by atoms with E-state index in [0.717, 1.165) is 0 Å². The number of nitrogens with one attached hydrogen (secondary N) is 3. The Labute approximate surface area is 140 Å². The summed E-state index contributed by atoms with van der Waals surface area (Å²) in [4.78, 5) is 23.8. The van der Waals surface area contributed by atoms with Gasteiger partial charge < -0.3 is 4.42 Å². The van der Waals surface area contributed by atoms with Crippen molar-refractivity contribution in [2.24, 2.45) is 0 Å². The minimum atomic E-state index is -0.413. The number of hydrogen-bond acceptors (Lipinski definition) is 4. The monoisotopic (exact) mass is 381 g/mol. The minimum absolute atomic E-state index is 0.0183.